The number of rotatable bonds is 5. The van der Waals surface area contributed by atoms with Crippen LogP contribution >= 0.6 is 15.9 Å². The van der Waals surface area contributed by atoms with E-state index < -0.39 is 0 Å². The summed E-state index contributed by atoms with van der Waals surface area (Å²) in [6.45, 7) is 3.65. The summed E-state index contributed by atoms with van der Waals surface area (Å²) >= 11 is 3.44. The van der Waals surface area contributed by atoms with Gasteiger partial charge in [-0.05, 0) is 40.2 Å². The van der Waals surface area contributed by atoms with Crippen LogP contribution in [0.25, 0.3) is 11.8 Å². The molecule has 0 saturated heterocycles. The number of aromatic nitrogens is 1. The van der Waals surface area contributed by atoms with E-state index in [1.54, 1.807) is 30.3 Å². The number of para-hydroxylation sites is 1. The number of carbonyl (C=O) groups excluding carboxylic acids is 1. The Morgan fingerprint density at radius 1 is 1.43 bits per heavy atom. The highest BCUT2D eigenvalue weighted by Gasteiger charge is 2.13. The molecule has 7 N–H and O–H groups in total. The zero-order valence-corrected chi connectivity index (χ0v) is 13.9. The molecule has 7 heteroatoms. The number of nitrogens with two attached hydrogens (primary N) is 2. The number of amides is 1. The molecule has 0 radical (unpaired) electrons. The molecule has 0 aliphatic carbocycles. The van der Waals surface area contributed by atoms with Crippen molar-refractivity contribution in [3.8, 4) is 5.75 Å². The Labute approximate surface area is 142 Å². The van der Waals surface area contributed by atoms with Crippen molar-refractivity contribution in [1.82, 2.24) is 10.3 Å². The van der Waals surface area contributed by atoms with Crippen molar-refractivity contribution in [3.05, 3.63) is 58.2 Å². The summed E-state index contributed by atoms with van der Waals surface area (Å²) in [6, 6.07) is 6.76. The third kappa shape index (κ3) is 3.75. The molecular formula is C16H17BrN4O2. The summed E-state index contributed by atoms with van der Waals surface area (Å²) < 4.78 is 0.692. The fourth-order valence-corrected chi connectivity index (χ4v) is 2.59. The van der Waals surface area contributed by atoms with Crippen molar-refractivity contribution in [3.63, 3.8) is 0 Å². The van der Waals surface area contributed by atoms with E-state index >= 15 is 0 Å². The van der Waals surface area contributed by atoms with E-state index in [0.717, 1.165) is 0 Å². The standard InChI is InChI=1S/C16H17BrN4O2/c1-2-14(23)20-8-12-15(17)10(16(19)21-12)7-11(18)9-5-3-4-6-13(9)22/h2-7,21-22H,1,8,18-19H2,(H,20,23)/b11-7-. The molecule has 0 aliphatic rings. The number of benzene rings is 1. The van der Waals surface area contributed by atoms with Crippen LogP contribution in [0.3, 0.4) is 0 Å². The van der Waals surface area contributed by atoms with Crippen LogP contribution in [0.15, 0.2) is 41.4 Å². The fourth-order valence-electron chi connectivity index (χ4n) is 2.03. The highest BCUT2D eigenvalue weighted by atomic mass is 79.9. The van der Waals surface area contributed by atoms with E-state index in [1.807, 2.05) is 0 Å². The molecule has 1 amide bonds. The monoisotopic (exact) mass is 376 g/mol. The van der Waals surface area contributed by atoms with Crippen molar-refractivity contribution >= 4 is 39.4 Å². The van der Waals surface area contributed by atoms with Crippen LogP contribution in [0.4, 0.5) is 5.82 Å². The van der Waals surface area contributed by atoms with Crippen molar-refractivity contribution in [2.24, 2.45) is 5.73 Å². The van der Waals surface area contributed by atoms with Gasteiger partial charge in [0.1, 0.15) is 11.6 Å². The van der Waals surface area contributed by atoms with Crippen LogP contribution < -0.4 is 16.8 Å². The maximum absolute atomic E-state index is 11.2. The van der Waals surface area contributed by atoms with Crippen LogP contribution in [0, 0.1) is 0 Å². The van der Waals surface area contributed by atoms with E-state index in [1.165, 1.54) is 6.08 Å². The number of phenols is 1. The number of anilines is 1. The molecule has 0 unspecified atom stereocenters. The summed E-state index contributed by atoms with van der Waals surface area (Å²) in [6.07, 6.45) is 2.85. The molecule has 1 aromatic heterocycles. The summed E-state index contributed by atoms with van der Waals surface area (Å²) in [5.74, 6) is 0.207. The first-order chi connectivity index (χ1) is 10.9. The first-order valence-electron chi connectivity index (χ1n) is 6.75. The molecule has 0 atom stereocenters. The molecule has 6 nitrogen and oxygen atoms in total. The minimum Gasteiger partial charge on any atom is -0.507 e. The van der Waals surface area contributed by atoms with E-state index in [9.17, 15) is 9.90 Å². The third-order valence-corrected chi connectivity index (χ3v) is 4.12. The van der Waals surface area contributed by atoms with Crippen LogP contribution in [-0.2, 0) is 11.3 Å². The predicted octanol–water partition coefficient (Wildman–Crippen LogP) is 2.32. The SMILES string of the molecule is C=CC(=O)NCc1[nH]c(N)c(/C=C(\N)c2ccccc2O)c1Br. The van der Waals surface area contributed by atoms with Crippen LogP contribution in [0.5, 0.6) is 5.75 Å². The lowest BCUT2D eigenvalue weighted by Gasteiger charge is -2.05. The molecule has 0 saturated carbocycles. The number of nitrogens with one attached hydrogen (secondary N) is 2. The largest absolute Gasteiger partial charge is 0.507 e. The summed E-state index contributed by atoms with van der Waals surface area (Å²) in [5, 5.41) is 12.5. The van der Waals surface area contributed by atoms with Crippen LogP contribution in [-0.4, -0.2) is 16.0 Å². The predicted molar refractivity (Wildman–Crippen MR) is 95.1 cm³/mol. The smallest absolute Gasteiger partial charge is 0.243 e. The van der Waals surface area contributed by atoms with Gasteiger partial charge < -0.3 is 26.9 Å². The normalized spacial score (nSPS) is 11.3. The van der Waals surface area contributed by atoms with E-state index in [2.05, 4.69) is 32.8 Å². The summed E-state index contributed by atoms with van der Waals surface area (Å²) in [7, 11) is 0. The lowest BCUT2D eigenvalue weighted by molar-refractivity contribution is -0.116. The lowest BCUT2D eigenvalue weighted by Crippen LogP contribution is -2.20. The molecule has 2 rings (SSSR count). The summed E-state index contributed by atoms with van der Waals surface area (Å²) in [4.78, 5) is 14.2. The topological polar surface area (TPSA) is 117 Å². The molecular weight excluding hydrogens is 360 g/mol. The fraction of sp³-hybridized carbons (Fsp3) is 0.0625. The van der Waals surface area contributed by atoms with Crippen LogP contribution in [0.1, 0.15) is 16.8 Å². The first kappa shape index (κ1) is 16.7. The van der Waals surface area contributed by atoms with E-state index in [0.29, 0.717) is 32.8 Å². The molecule has 0 spiro atoms. The molecule has 0 fully saturated rings. The van der Waals surface area contributed by atoms with Gasteiger partial charge in [-0.15, -0.1) is 0 Å². The van der Waals surface area contributed by atoms with Crippen LogP contribution in [0.2, 0.25) is 0 Å². The van der Waals surface area contributed by atoms with Gasteiger partial charge in [-0.3, -0.25) is 4.79 Å². The van der Waals surface area contributed by atoms with Gasteiger partial charge in [0.2, 0.25) is 5.91 Å². The van der Waals surface area contributed by atoms with Gasteiger partial charge in [0, 0.05) is 21.3 Å². The maximum atomic E-state index is 11.2. The average molecular weight is 377 g/mol. The van der Waals surface area contributed by atoms with E-state index in [-0.39, 0.29) is 18.2 Å². The second-order valence-electron chi connectivity index (χ2n) is 4.78. The number of phenolic OH excluding ortho intramolecular Hbond substituents is 1. The van der Waals surface area contributed by atoms with Gasteiger partial charge in [-0.2, -0.15) is 0 Å². The van der Waals surface area contributed by atoms with Crippen molar-refractivity contribution in [2.75, 3.05) is 5.73 Å². The Morgan fingerprint density at radius 3 is 2.78 bits per heavy atom. The average Bonchev–Trinajstić information content (AvgIpc) is 2.80. The Kier molecular flexibility index (Phi) is 5.13. The third-order valence-electron chi connectivity index (χ3n) is 3.22. The molecule has 23 heavy (non-hydrogen) atoms. The van der Waals surface area contributed by atoms with Gasteiger partial charge in [-0.25, -0.2) is 0 Å². The minimum absolute atomic E-state index is 0.0879. The summed E-state index contributed by atoms with van der Waals surface area (Å²) in [5.41, 5.74) is 14.2. The molecule has 0 bridgehead atoms. The maximum Gasteiger partial charge on any atom is 0.243 e. The number of hydrogen-bond donors (Lipinski definition) is 5. The second kappa shape index (κ2) is 7.06. The van der Waals surface area contributed by atoms with E-state index in [4.69, 9.17) is 11.5 Å². The second-order valence-corrected chi connectivity index (χ2v) is 5.58. The van der Waals surface area contributed by atoms with Gasteiger partial charge >= 0.3 is 0 Å². The van der Waals surface area contributed by atoms with Gasteiger partial charge in [-0.1, -0.05) is 18.7 Å². The zero-order chi connectivity index (χ0) is 17.0. The Bertz CT molecular complexity index is 780. The van der Waals surface area contributed by atoms with Crippen molar-refractivity contribution in [2.45, 2.75) is 6.54 Å². The zero-order valence-electron chi connectivity index (χ0n) is 12.3. The Hall–Kier alpha value is -2.67. The number of halogens is 1. The van der Waals surface area contributed by atoms with Crippen molar-refractivity contribution in [1.29, 1.82) is 0 Å². The number of nitrogen functional groups attached to an aromatic ring is 1. The first-order valence-corrected chi connectivity index (χ1v) is 7.55. The highest BCUT2D eigenvalue weighted by molar-refractivity contribution is 9.10. The number of H-pyrrole nitrogens is 1. The Balaban J connectivity index is 2.32. The number of carbonyl (C=O) groups is 1. The van der Waals surface area contributed by atoms with Crippen molar-refractivity contribution < 1.29 is 9.90 Å². The number of hydrogen-bond acceptors (Lipinski definition) is 4. The quantitative estimate of drug-likeness (QED) is 0.514. The molecule has 1 heterocycles. The van der Waals surface area contributed by atoms with Gasteiger partial charge in [0.15, 0.2) is 0 Å². The van der Waals surface area contributed by atoms with Gasteiger partial charge in [0.25, 0.3) is 0 Å². The lowest BCUT2D eigenvalue weighted by atomic mass is 10.1. The molecule has 120 valence electrons. The minimum atomic E-state index is -0.282. The number of aromatic hydroxyl groups is 1. The van der Waals surface area contributed by atoms with Gasteiger partial charge in [0.05, 0.1) is 12.2 Å². The number of aromatic amines is 1. The molecule has 0 aliphatic heterocycles. The molecule has 1 aromatic carbocycles. The highest BCUT2D eigenvalue weighted by Crippen LogP contribution is 2.31. The molecule has 2 aromatic rings. The Morgan fingerprint density at radius 2 is 2.13 bits per heavy atom.